The molecule has 5 nitrogen and oxygen atoms in total. The van der Waals surface area contributed by atoms with Gasteiger partial charge in [0.2, 0.25) is 11.8 Å². The Hall–Kier alpha value is -1.47. The highest BCUT2D eigenvalue weighted by molar-refractivity contribution is 9.10. The van der Waals surface area contributed by atoms with Crippen LogP contribution in [0.5, 0.6) is 0 Å². The van der Waals surface area contributed by atoms with Crippen molar-refractivity contribution in [1.82, 2.24) is 15.1 Å². The summed E-state index contributed by atoms with van der Waals surface area (Å²) in [4.78, 5) is 29.3. The van der Waals surface area contributed by atoms with Crippen molar-refractivity contribution in [3.05, 3.63) is 34.1 Å². The van der Waals surface area contributed by atoms with Gasteiger partial charge in [0.15, 0.2) is 0 Å². The number of amides is 2. The van der Waals surface area contributed by atoms with Gasteiger partial charge in [-0.1, -0.05) is 26.8 Å². The van der Waals surface area contributed by atoms with Crippen molar-refractivity contribution in [3.63, 3.8) is 0 Å². The lowest BCUT2D eigenvalue weighted by molar-refractivity contribution is -0.139. The van der Waals surface area contributed by atoms with Gasteiger partial charge in [-0.25, -0.2) is 4.39 Å². The molecule has 7 heteroatoms. The number of benzene rings is 1. The van der Waals surface area contributed by atoms with Gasteiger partial charge in [0.05, 0.1) is 4.47 Å². The number of nitrogens with one attached hydrogen (secondary N) is 1. The minimum Gasteiger partial charge on any atom is -0.343 e. The molecule has 0 aliphatic carbocycles. The van der Waals surface area contributed by atoms with E-state index in [1.54, 1.807) is 24.0 Å². The summed E-state index contributed by atoms with van der Waals surface area (Å²) in [5, 5.41) is 2.87. The van der Waals surface area contributed by atoms with E-state index in [1.165, 1.54) is 6.07 Å². The molecule has 1 unspecified atom stereocenters. The van der Waals surface area contributed by atoms with Crippen LogP contribution in [-0.4, -0.2) is 60.9 Å². The van der Waals surface area contributed by atoms with Crippen LogP contribution >= 0.6 is 15.9 Å². The van der Waals surface area contributed by atoms with E-state index in [2.05, 4.69) is 26.1 Å². The van der Waals surface area contributed by atoms with Crippen molar-refractivity contribution in [3.8, 4) is 0 Å². The molecular formula is C19H27BrFN3O2. The van der Waals surface area contributed by atoms with Crippen LogP contribution in [-0.2, 0) is 15.0 Å². The lowest BCUT2D eigenvalue weighted by Crippen LogP contribution is -2.60. The highest BCUT2D eigenvalue weighted by atomic mass is 79.9. The molecule has 1 saturated heterocycles. The number of nitrogens with zero attached hydrogens (tertiary/aromatic N) is 2. The number of hydrogen-bond donors (Lipinski definition) is 1. The summed E-state index contributed by atoms with van der Waals surface area (Å²) < 4.78 is 14.4. The molecule has 1 heterocycles. The summed E-state index contributed by atoms with van der Waals surface area (Å²) in [5.74, 6) is -0.695. The molecule has 1 aliphatic rings. The zero-order valence-electron chi connectivity index (χ0n) is 15.8. The van der Waals surface area contributed by atoms with E-state index in [1.807, 2.05) is 20.9 Å². The van der Waals surface area contributed by atoms with Crippen LogP contribution in [0.15, 0.2) is 22.7 Å². The topological polar surface area (TPSA) is 52.7 Å². The highest BCUT2D eigenvalue weighted by Crippen LogP contribution is 2.31. The van der Waals surface area contributed by atoms with E-state index >= 15 is 0 Å². The monoisotopic (exact) mass is 427 g/mol. The van der Waals surface area contributed by atoms with Gasteiger partial charge in [-0.3, -0.25) is 9.59 Å². The van der Waals surface area contributed by atoms with Crippen molar-refractivity contribution >= 4 is 27.7 Å². The largest absolute Gasteiger partial charge is 0.343 e. The van der Waals surface area contributed by atoms with Gasteiger partial charge in [0, 0.05) is 38.0 Å². The molecule has 1 fully saturated rings. The number of piperazine rings is 1. The van der Waals surface area contributed by atoms with Crippen LogP contribution in [0.4, 0.5) is 4.39 Å². The third kappa shape index (κ3) is 4.62. The second kappa shape index (κ2) is 8.48. The Morgan fingerprint density at radius 1 is 1.27 bits per heavy atom. The zero-order valence-corrected chi connectivity index (χ0v) is 17.4. The smallest absolute Gasteiger partial charge is 0.246 e. The summed E-state index contributed by atoms with van der Waals surface area (Å²) in [6, 6.07) is 4.09. The van der Waals surface area contributed by atoms with Crippen molar-refractivity contribution in [2.45, 2.75) is 38.6 Å². The average Bonchev–Trinajstić information content (AvgIpc) is 2.61. The molecule has 0 spiro atoms. The SMILES string of the molecule is CCC(=O)NC(C(=O)N1CCN(C)CC1)C(C)(C)c1ccc(Br)c(F)c1. The molecule has 2 amide bonds. The maximum Gasteiger partial charge on any atom is 0.246 e. The van der Waals surface area contributed by atoms with Gasteiger partial charge in [0.25, 0.3) is 0 Å². The van der Waals surface area contributed by atoms with Gasteiger partial charge in [-0.15, -0.1) is 0 Å². The minimum atomic E-state index is -0.757. The molecule has 1 N–H and O–H groups in total. The van der Waals surface area contributed by atoms with Gasteiger partial charge in [-0.2, -0.15) is 0 Å². The molecule has 144 valence electrons. The first-order chi connectivity index (χ1) is 12.2. The first-order valence-electron chi connectivity index (χ1n) is 8.89. The third-order valence-corrected chi connectivity index (χ3v) is 5.72. The zero-order chi connectivity index (χ0) is 19.5. The summed E-state index contributed by atoms with van der Waals surface area (Å²) in [7, 11) is 2.02. The van der Waals surface area contributed by atoms with Gasteiger partial charge in [0.1, 0.15) is 11.9 Å². The normalized spacial score (nSPS) is 17.1. The molecule has 1 aromatic carbocycles. The molecule has 1 aromatic rings. The van der Waals surface area contributed by atoms with Gasteiger partial charge >= 0.3 is 0 Å². The van der Waals surface area contributed by atoms with Gasteiger partial charge < -0.3 is 15.1 Å². The predicted octanol–water partition coefficient (Wildman–Crippen LogP) is 2.53. The number of carbonyl (C=O) groups excluding carboxylic acids is 2. The van der Waals surface area contributed by atoms with E-state index < -0.39 is 11.5 Å². The Kier molecular flexibility index (Phi) is 6.80. The number of halogens is 2. The maximum absolute atomic E-state index is 14.1. The molecular weight excluding hydrogens is 401 g/mol. The van der Waals surface area contributed by atoms with E-state index in [9.17, 15) is 14.0 Å². The van der Waals surface area contributed by atoms with Crippen molar-refractivity contribution in [1.29, 1.82) is 0 Å². The van der Waals surface area contributed by atoms with E-state index in [4.69, 9.17) is 0 Å². The van der Waals surface area contributed by atoms with Crippen LogP contribution in [0.3, 0.4) is 0 Å². The lowest BCUT2D eigenvalue weighted by Gasteiger charge is -2.40. The predicted molar refractivity (Wildman–Crippen MR) is 103 cm³/mol. The number of rotatable bonds is 5. The minimum absolute atomic E-state index is 0.117. The van der Waals surface area contributed by atoms with E-state index in [0.717, 1.165) is 13.1 Å². The van der Waals surface area contributed by atoms with Crippen LogP contribution in [0.25, 0.3) is 0 Å². The fourth-order valence-corrected chi connectivity index (χ4v) is 3.33. The Morgan fingerprint density at radius 3 is 2.42 bits per heavy atom. The van der Waals surface area contributed by atoms with E-state index in [0.29, 0.717) is 23.1 Å². The molecule has 0 bridgehead atoms. The first kappa shape index (κ1) is 20.8. The van der Waals surface area contributed by atoms with Crippen LogP contribution in [0, 0.1) is 5.82 Å². The highest BCUT2D eigenvalue weighted by Gasteiger charge is 2.40. The Labute approximate surface area is 163 Å². The number of likely N-dealkylation sites (N-methyl/N-ethyl adjacent to an activating group) is 1. The standard InChI is InChI=1S/C19H27BrFN3O2/c1-5-16(25)22-17(18(26)24-10-8-23(4)9-11-24)19(2,3)13-6-7-14(20)15(21)12-13/h6-7,12,17H,5,8-11H2,1-4H3,(H,22,25). The molecule has 0 radical (unpaired) electrons. The first-order valence-corrected chi connectivity index (χ1v) is 9.68. The quantitative estimate of drug-likeness (QED) is 0.785. The fourth-order valence-electron chi connectivity index (χ4n) is 3.09. The molecule has 0 aromatic heterocycles. The van der Waals surface area contributed by atoms with Gasteiger partial charge in [-0.05, 0) is 40.7 Å². The van der Waals surface area contributed by atoms with Crippen LogP contribution < -0.4 is 5.32 Å². The van der Waals surface area contributed by atoms with E-state index in [-0.39, 0.29) is 24.1 Å². The second-order valence-corrected chi connectivity index (χ2v) is 8.19. The number of carbonyl (C=O) groups is 2. The Bertz CT molecular complexity index is 673. The summed E-state index contributed by atoms with van der Waals surface area (Å²) in [6.45, 7) is 8.33. The fraction of sp³-hybridized carbons (Fsp3) is 0.579. The Morgan fingerprint density at radius 2 is 1.88 bits per heavy atom. The van der Waals surface area contributed by atoms with Crippen LogP contribution in [0.2, 0.25) is 0 Å². The summed E-state index contributed by atoms with van der Waals surface area (Å²) in [5.41, 5.74) is -0.0885. The summed E-state index contributed by atoms with van der Waals surface area (Å²) >= 11 is 3.16. The molecule has 26 heavy (non-hydrogen) atoms. The lowest BCUT2D eigenvalue weighted by atomic mass is 9.76. The van der Waals surface area contributed by atoms with Crippen molar-refractivity contribution < 1.29 is 14.0 Å². The molecule has 1 atom stereocenters. The maximum atomic E-state index is 14.1. The second-order valence-electron chi connectivity index (χ2n) is 7.33. The molecule has 2 rings (SSSR count). The Balaban J connectivity index is 2.34. The summed E-state index contributed by atoms with van der Waals surface area (Å²) in [6.07, 6.45) is 0.289. The molecule has 0 saturated carbocycles. The van der Waals surface area contributed by atoms with Crippen LogP contribution in [0.1, 0.15) is 32.8 Å². The van der Waals surface area contributed by atoms with Crippen molar-refractivity contribution in [2.75, 3.05) is 33.2 Å². The third-order valence-electron chi connectivity index (χ3n) is 5.07. The number of hydrogen-bond acceptors (Lipinski definition) is 3. The van der Waals surface area contributed by atoms with Crippen molar-refractivity contribution in [2.24, 2.45) is 0 Å². The average molecular weight is 428 g/mol. The molecule has 1 aliphatic heterocycles.